The summed E-state index contributed by atoms with van der Waals surface area (Å²) in [6.45, 7) is 5.91. The summed E-state index contributed by atoms with van der Waals surface area (Å²) < 4.78 is 6.43. The smallest absolute Gasteiger partial charge is 0.213 e. The summed E-state index contributed by atoms with van der Waals surface area (Å²) in [5, 5.41) is 0. The van der Waals surface area contributed by atoms with Gasteiger partial charge >= 0.3 is 0 Å². The third-order valence-electron chi connectivity index (χ3n) is 1.35. The number of rotatable bonds is 2. The van der Waals surface area contributed by atoms with E-state index in [-0.39, 0.29) is 6.10 Å². The molecule has 0 saturated heterocycles. The van der Waals surface area contributed by atoms with Crippen molar-refractivity contribution < 1.29 is 4.74 Å². The highest BCUT2D eigenvalue weighted by Crippen LogP contribution is 2.18. The number of hydrogen-bond acceptors (Lipinski definition) is 2. The molecular formula is C9H12BrNO. The van der Waals surface area contributed by atoms with Gasteiger partial charge in [-0.3, -0.25) is 0 Å². The van der Waals surface area contributed by atoms with E-state index in [2.05, 4.69) is 20.9 Å². The molecule has 1 rings (SSSR count). The topological polar surface area (TPSA) is 22.1 Å². The second-order valence-corrected chi connectivity index (χ2v) is 3.74. The van der Waals surface area contributed by atoms with Crippen LogP contribution in [0, 0.1) is 6.92 Å². The zero-order valence-corrected chi connectivity index (χ0v) is 9.05. The van der Waals surface area contributed by atoms with Crippen LogP contribution in [0.1, 0.15) is 19.5 Å². The largest absolute Gasteiger partial charge is 0.475 e. The maximum Gasteiger partial charge on any atom is 0.213 e. The molecular weight excluding hydrogens is 218 g/mol. The van der Waals surface area contributed by atoms with Crippen molar-refractivity contribution in [3.8, 4) is 5.88 Å². The number of ether oxygens (including phenoxy) is 1. The molecule has 1 aromatic heterocycles. The van der Waals surface area contributed by atoms with E-state index in [9.17, 15) is 0 Å². The minimum Gasteiger partial charge on any atom is -0.475 e. The quantitative estimate of drug-likeness (QED) is 0.779. The first kappa shape index (κ1) is 9.52. The Balaban J connectivity index is 2.82. The lowest BCUT2D eigenvalue weighted by Crippen LogP contribution is -2.07. The third kappa shape index (κ3) is 2.48. The highest BCUT2D eigenvalue weighted by atomic mass is 79.9. The first-order valence-corrected chi connectivity index (χ1v) is 4.68. The number of halogens is 1. The van der Waals surface area contributed by atoms with E-state index in [1.54, 1.807) is 0 Å². The first-order valence-electron chi connectivity index (χ1n) is 3.89. The standard InChI is InChI=1S/C9H12BrNO/c1-6(2)12-9-5-4-8(10)7(3)11-9/h4-6H,1-3H3. The van der Waals surface area contributed by atoms with Crippen molar-refractivity contribution in [1.29, 1.82) is 0 Å². The predicted molar refractivity (Wildman–Crippen MR) is 52.4 cm³/mol. The lowest BCUT2D eigenvalue weighted by molar-refractivity contribution is 0.232. The van der Waals surface area contributed by atoms with Crippen LogP contribution < -0.4 is 4.74 Å². The summed E-state index contributed by atoms with van der Waals surface area (Å²) in [6, 6.07) is 3.80. The van der Waals surface area contributed by atoms with E-state index in [4.69, 9.17) is 4.74 Å². The molecule has 0 aliphatic heterocycles. The molecule has 0 aliphatic carbocycles. The van der Waals surface area contributed by atoms with E-state index in [1.807, 2.05) is 32.9 Å². The molecule has 0 unspecified atom stereocenters. The minimum atomic E-state index is 0.179. The van der Waals surface area contributed by atoms with Gasteiger partial charge in [0.15, 0.2) is 0 Å². The summed E-state index contributed by atoms with van der Waals surface area (Å²) in [5.41, 5.74) is 0.952. The Bertz CT molecular complexity index is 273. The van der Waals surface area contributed by atoms with Crippen LogP contribution in [0.5, 0.6) is 5.88 Å². The van der Waals surface area contributed by atoms with Crippen molar-refractivity contribution in [2.45, 2.75) is 26.9 Å². The SMILES string of the molecule is Cc1nc(OC(C)C)ccc1Br. The molecule has 3 heteroatoms. The summed E-state index contributed by atoms with van der Waals surface area (Å²) in [4.78, 5) is 4.24. The van der Waals surface area contributed by atoms with Crippen molar-refractivity contribution in [2.24, 2.45) is 0 Å². The van der Waals surface area contributed by atoms with Crippen molar-refractivity contribution in [2.75, 3.05) is 0 Å². The van der Waals surface area contributed by atoms with E-state index >= 15 is 0 Å². The number of nitrogens with zero attached hydrogens (tertiary/aromatic N) is 1. The molecule has 0 saturated carbocycles. The fourth-order valence-electron chi connectivity index (χ4n) is 0.828. The molecule has 0 N–H and O–H groups in total. The molecule has 0 fully saturated rings. The van der Waals surface area contributed by atoms with Gasteiger partial charge in [-0.25, -0.2) is 4.98 Å². The number of pyridine rings is 1. The average molecular weight is 230 g/mol. The van der Waals surface area contributed by atoms with Crippen molar-refractivity contribution >= 4 is 15.9 Å². The number of hydrogen-bond donors (Lipinski definition) is 0. The van der Waals surface area contributed by atoms with Crippen molar-refractivity contribution in [3.05, 3.63) is 22.3 Å². The van der Waals surface area contributed by atoms with Gasteiger partial charge in [-0.2, -0.15) is 0 Å². The van der Waals surface area contributed by atoms with Gasteiger partial charge in [0, 0.05) is 10.5 Å². The van der Waals surface area contributed by atoms with Gasteiger partial charge in [-0.15, -0.1) is 0 Å². The lowest BCUT2D eigenvalue weighted by Gasteiger charge is -2.08. The van der Waals surface area contributed by atoms with Crippen LogP contribution in [-0.2, 0) is 0 Å². The fourth-order valence-corrected chi connectivity index (χ4v) is 1.05. The predicted octanol–water partition coefficient (Wildman–Crippen LogP) is 2.94. The Morgan fingerprint density at radius 2 is 2.08 bits per heavy atom. The van der Waals surface area contributed by atoms with E-state index < -0.39 is 0 Å². The Kier molecular flexibility index (Phi) is 3.09. The molecule has 0 aromatic carbocycles. The molecule has 0 bridgehead atoms. The number of aromatic nitrogens is 1. The van der Waals surface area contributed by atoms with Crippen molar-refractivity contribution in [3.63, 3.8) is 0 Å². The van der Waals surface area contributed by atoms with E-state index in [1.165, 1.54) is 0 Å². The minimum absolute atomic E-state index is 0.179. The lowest BCUT2D eigenvalue weighted by atomic mass is 10.4. The summed E-state index contributed by atoms with van der Waals surface area (Å²) >= 11 is 3.38. The summed E-state index contributed by atoms with van der Waals surface area (Å²) in [7, 11) is 0. The Hall–Kier alpha value is -0.570. The van der Waals surface area contributed by atoms with Gasteiger partial charge in [-0.05, 0) is 42.8 Å². The zero-order chi connectivity index (χ0) is 9.14. The highest BCUT2D eigenvalue weighted by molar-refractivity contribution is 9.10. The van der Waals surface area contributed by atoms with Crippen LogP contribution in [0.4, 0.5) is 0 Å². The van der Waals surface area contributed by atoms with Gasteiger partial charge < -0.3 is 4.74 Å². The molecule has 0 spiro atoms. The van der Waals surface area contributed by atoms with Gasteiger partial charge in [0.2, 0.25) is 5.88 Å². The first-order chi connectivity index (χ1) is 5.59. The Morgan fingerprint density at radius 1 is 1.42 bits per heavy atom. The average Bonchev–Trinajstić information content (AvgIpc) is 1.96. The third-order valence-corrected chi connectivity index (χ3v) is 2.19. The Morgan fingerprint density at radius 3 is 2.58 bits per heavy atom. The molecule has 12 heavy (non-hydrogen) atoms. The zero-order valence-electron chi connectivity index (χ0n) is 7.47. The normalized spacial score (nSPS) is 10.4. The maximum atomic E-state index is 5.42. The number of aryl methyl sites for hydroxylation is 1. The maximum absolute atomic E-state index is 5.42. The monoisotopic (exact) mass is 229 g/mol. The van der Waals surface area contributed by atoms with Crippen LogP contribution >= 0.6 is 15.9 Å². The van der Waals surface area contributed by atoms with Crippen molar-refractivity contribution in [1.82, 2.24) is 4.98 Å². The highest BCUT2D eigenvalue weighted by Gasteiger charge is 2.01. The van der Waals surface area contributed by atoms with Gasteiger partial charge in [-0.1, -0.05) is 0 Å². The molecule has 1 heterocycles. The van der Waals surface area contributed by atoms with Gasteiger partial charge in [0.25, 0.3) is 0 Å². The fraction of sp³-hybridized carbons (Fsp3) is 0.444. The molecule has 0 atom stereocenters. The molecule has 66 valence electrons. The van der Waals surface area contributed by atoms with E-state index in [0.717, 1.165) is 10.2 Å². The molecule has 1 aromatic rings. The van der Waals surface area contributed by atoms with E-state index in [0.29, 0.717) is 5.88 Å². The van der Waals surface area contributed by atoms with Gasteiger partial charge in [0.05, 0.1) is 11.8 Å². The van der Waals surface area contributed by atoms with Crippen LogP contribution in [0.25, 0.3) is 0 Å². The molecule has 2 nitrogen and oxygen atoms in total. The van der Waals surface area contributed by atoms with Crippen LogP contribution in [-0.4, -0.2) is 11.1 Å². The van der Waals surface area contributed by atoms with Crippen LogP contribution in [0.3, 0.4) is 0 Å². The molecule has 0 amide bonds. The molecule has 0 aliphatic rings. The molecule has 0 radical (unpaired) electrons. The summed E-state index contributed by atoms with van der Waals surface area (Å²) in [6.07, 6.45) is 0.179. The van der Waals surface area contributed by atoms with Crippen LogP contribution in [0.2, 0.25) is 0 Å². The van der Waals surface area contributed by atoms with Crippen LogP contribution in [0.15, 0.2) is 16.6 Å². The van der Waals surface area contributed by atoms with Gasteiger partial charge in [0.1, 0.15) is 0 Å². The second-order valence-electron chi connectivity index (χ2n) is 2.88. The summed E-state index contributed by atoms with van der Waals surface area (Å²) in [5.74, 6) is 0.686. The second kappa shape index (κ2) is 3.90. The Labute approximate surface area is 81.1 Å².